The predicted octanol–water partition coefficient (Wildman–Crippen LogP) is 3.87. The first-order chi connectivity index (χ1) is 18.2. The fraction of sp³-hybridized carbons (Fsp3) is 0.172. The van der Waals surface area contributed by atoms with Gasteiger partial charge in [0, 0.05) is 36.5 Å². The topological polar surface area (TPSA) is 97.1 Å². The van der Waals surface area contributed by atoms with Crippen LogP contribution in [0.15, 0.2) is 89.9 Å². The second-order valence-corrected chi connectivity index (χ2v) is 9.11. The number of hydrogen-bond acceptors (Lipinski definition) is 4. The van der Waals surface area contributed by atoms with Crippen LogP contribution < -0.4 is 10.9 Å². The Balaban J connectivity index is 1.21. The molecule has 6 aromatic rings. The van der Waals surface area contributed by atoms with Crippen molar-refractivity contribution in [1.29, 1.82) is 0 Å². The molecular weight excluding hydrogens is 464 g/mol. The number of hydrogen-bond donors (Lipinski definition) is 2. The van der Waals surface area contributed by atoms with Crippen molar-refractivity contribution in [3.63, 3.8) is 0 Å². The summed E-state index contributed by atoms with van der Waals surface area (Å²) in [6.07, 6.45) is 3.44. The molecule has 3 heterocycles. The summed E-state index contributed by atoms with van der Waals surface area (Å²) in [7, 11) is 0. The summed E-state index contributed by atoms with van der Waals surface area (Å²) in [5.74, 6) is 1.08. The van der Waals surface area contributed by atoms with E-state index in [9.17, 15) is 9.59 Å². The van der Waals surface area contributed by atoms with Crippen LogP contribution in [0.2, 0.25) is 0 Å². The van der Waals surface area contributed by atoms with E-state index >= 15 is 0 Å². The molecule has 1 amide bonds. The lowest BCUT2D eigenvalue weighted by Gasteiger charge is -2.11. The van der Waals surface area contributed by atoms with Gasteiger partial charge in [-0.2, -0.15) is 0 Å². The van der Waals surface area contributed by atoms with Crippen molar-refractivity contribution >= 4 is 33.5 Å². The van der Waals surface area contributed by atoms with Gasteiger partial charge in [-0.25, -0.2) is 0 Å². The van der Waals surface area contributed by atoms with Gasteiger partial charge in [0.05, 0.1) is 17.4 Å². The van der Waals surface area contributed by atoms with Crippen molar-refractivity contribution in [3.8, 4) is 0 Å². The Morgan fingerprint density at radius 3 is 2.49 bits per heavy atom. The molecule has 0 fully saturated rings. The summed E-state index contributed by atoms with van der Waals surface area (Å²) in [6.45, 7) is 0.946. The molecule has 3 aromatic heterocycles. The van der Waals surface area contributed by atoms with Gasteiger partial charge in [0.15, 0.2) is 0 Å². The number of para-hydroxylation sites is 2. The Morgan fingerprint density at radius 1 is 0.865 bits per heavy atom. The summed E-state index contributed by atoms with van der Waals surface area (Å²) >= 11 is 0. The van der Waals surface area contributed by atoms with E-state index in [4.69, 9.17) is 0 Å². The highest BCUT2D eigenvalue weighted by molar-refractivity contribution is 5.83. The Hall–Kier alpha value is -4.72. The van der Waals surface area contributed by atoms with Gasteiger partial charge in [0.25, 0.3) is 5.56 Å². The molecule has 0 atom stereocenters. The first kappa shape index (κ1) is 22.7. The fourth-order valence-electron chi connectivity index (χ4n) is 4.87. The first-order valence-corrected chi connectivity index (χ1v) is 12.4. The number of benzene rings is 3. The Morgan fingerprint density at radius 2 is 1.62 bits per heavy atom. The van der Waals surface area contributed by atoms with Crippen molar-refractivity contribution in [1.82, 2.24) is 29.5 Å². The largest absolute Gasteiger partial charge is 0.361 e. The van der Waals surface area contributed by atoms with Gasteiger partial charge in [-0.15, -0.1) is 10.2 Å². The number of fused-ring (bicyclic) bond motifs is 4. The summed E-state index contributed by atoms with van der Waals surface area (Å²) in [5.41, 5.74) is 3.91. The molecule has 0 aliphatic carbocycles. The molecule has 3 aromatic carbocycles. The molecule has 0 saturated carbocycles. The van der Waals surface area contributed by atoms with Crippen molar-refractivity contribution in [2.24, 2.45) is 0 Å². The number of rotatable bonds is 8. The average molecular weight is 491 g/mol. The van der Waals surface area contributed by atoms with Crippen LogP contribution in [0, 0.1) is 0 Å². The molecule has 2 N–H and O–H groups in total. The maximum atomic E-state index is 13.3. The second kappa shape index (κ2) is 9.73. The van der Waals surface area contributed by atoms with E-state index in [0.29, 0.717) is 36.5 Å². The summed E-state index contributed by atoms with van der Waals surface area (Å²) in [5, 5.41) is 13.5. The maximum absolute atomic E-state index is 13.3. The number of aromatic nitrogens is 5. The molecule has 0 bridgehead atoms. The number of amides is 1. The lowest BCUT2D eigenvalue weighted by molar-refractivity contribution is -0.121. The highest BCUT2D eigenvalue weighted by Gasteiger charge is 2.17. The van der Waals surface area contributed by atoms with Crippen molar-refractivity contribution in [3.05, 3.63) is 112 Å². The highest BCUT2D eigenvalue weighted by Crippen LogP contribution is 2.18. The zero-order chi connectivity index (χ0) is 25.2. The van der Waals surface area contributed by atoms with E-state index in [0.717, 1.165) is 23.0 Å². The quantitative estimate of drug-likeness (QED) is 0.339. The van der Waals surface area contributed by atoms with E-state index in [2.05, 4.69) is 26.6 Å². The van der Waals surface area contributed by atoms with Crippen LogP contribution in [0.4, 0.5) is 0 Å². The molecule has 8 nitrogen and oxygen atoms in total. The molecule has 8 heteroatoms. The molecule has 0 radical (unpaired) electrons. The van der Waals surface area contributed by atoms with Crippen molar-refractivity contribution in [2.45, 2.75) is 25.8 Å². The van der Waals surface area contributed by atoms with Crippen LogP contribution >= 0.6 is 0 Å². The molecule has 6 rings (SSSR count). The smallest absolute Gasteiger partial charge is 0.263 e. The van der Waals surface area contributed by atoms with Crippen molar-refractivity contribution in [2.75, 3.05) is 6.54 Å². The number of aryl methyl sites for hydroxylation is 1. The highest BCUT2D eigenvalue weighted by atomic mass is 16.1. The minimum Gasteiger partial charge on any atom is -0.361 e. The Labute approximate surface area is 212 Å². The second-order valence-electron chi connectivity index (χ2n) is 9.11. The van der Waals surface area contributed by atoms with Crippen LogP contribution in [0.25, 0.3) is 27.6 Å². The van der Waals surface area contributed by atoms with E-state index in [1.54, 1.807) is 4.57 Å². The first-order valence-electron chi connectivity index (χ1n) is 12.4. The zero-order valence-corrected chi connectivity index (χ0v) is 20.2. The van der Waals surface area contributed by atoms with E-state index in [-0.39, 0.29) is 17.9 Å². The van der Waals surface area contributed by atoms with E-state index in [1.807, 2.05) is 83.4 Å². The number of nitrogens with one attached hydrogen (secondary N) is 2. The molecule has 0 aliphatic heterocycles. The summed E-state index contributed by atoms with van der Waals surface area (Å²) in [4.78, 5) is 29.3. The SMILES string of the molecule is O=C(CCc1nnc2n(Cc3ccccc3)c(=O)c3ccccc3n12)NCCc1c[nH]c2ccccc12. The molecule has 0 spiro atoms. The third-order valence-corrected chi connectivity index (χ3v) is 6.73. The van der Waals surface area contributed by atoms with Crippen LogP contribution in [0.5, 0.6) is 0 Å². The van der Waals surface area contributed by atoms with Crippen LogP contribution in [0.3, 0.4) is 0 Å². The van der Waals surface area contributed by atoms with Crippen LogP contribution in [-0.2, 0) is 24.2 Å². The standard InChI is InChI=1S/C29H26N6O2/c36-27(30-17-16-21-18-31-24-12-6-4-10-22(21)24)15-14-26-32-33-29-34(19-20-8-2-1-3-9-20)28(37)23-11-5-7-13-25(23)35(26)29/h1-13,18,31H,14-17,19H2,(H,30,36). The van der Waals surface area contributed by atoms with Crippen LogP contribution in [0.1, 0.15) is 23.4 Å². The van der Waals surface area contributed by atoms with Gasteiger partial charge in [0.1, 0.15) is 5.82 Å². The third kappa shape index (κ3) is 4.38. The van der Waals surface area contributed by atoms with E-state index in [1.165, 1.54) is 10.9 Å². The van der Waals surface area contributed by atoms with Gasteiger partial charge in [0.2, 0.25) is 11.7 Å². The lowest BCUT2D eigenvalue weighted by Crippen LogP contribution is -2.26. The Bertz CT molecular complexity index is 1780. The van der Waals surface area contributed by atoms with Gasteiger partial charge in [-0.1, -0.05) is 60.7 Å². The monoisotopic (exact) mass is 490 g/mol. The zero-order valence-electron chi connectivity index (χ0n) is 20.2. The third-order valence-electron chi connectivity index (χ3n) is 6.73. The normalized spacial score (nSPS) is 11.5. The Kier molecular flexibility index (Phi) is 5.98. The van der Waals surface area contributed by atoms with Crippen LogP contribution in [-0.4, -0.2) is 36.6 Å². The fourth-order valence-corrected chi connectivity index (χ4v) is 4.87. The van der Waals surface area contributed by atoms with Gasteiger partial charge in [-0.05, 0) is 35.7 Å². The number of carbonyl (C=O) groups excluding carboxylic acids is 1. The summed E-state index contributed by atoms with van der Waals surface area (Å²) < 4.78 is 3.55. The molecule has 184 valence electrons. The molecule has 0 saturated heterocycles. The summed E-state index contributed by atoms with van der Waals surface area (Å²) in [6, 6.07) is 25.4. The van der Waals surface area contributed by atoms with Gasteiger partial charge < -0.3 is 10.3 Å². The molecule has 37 heavy (non-hydrogen) atoms. The number of carbonyl (C=O) groups is 1. The number of H-pyrrole nitrogens is 1. The molecule has 0 unspecified atom stereocenters. The minimum absolute atomic E-state index is 0.0431. The predicted molar refractivity (Wildman–Crippen MR) is 144 cm³/mol. The lowest BCUT2D eigenvalue weighted by atomic mass is 10.1. The average Bonchev–Trinajstić information content (AvgIpc) is 3.55. The number of nitrogens with zero attached hydrogens (tertiary/aromatic N) is 4. The maximum Gasteiger partial charge on any atom is 0.263 e. The minimum atomic E-state index is -0.110. The number of aromatic amines is 1. The van der Waals surface area contributed by atoms with E-state index < -0.39 is 0 Å². The molecular formula is C29H26N6O2. The van der Waals surface area contributed by atoms with Gasteiger partial charge in [-0.3, -0.25) is 18.6 Å². The van der Waals surface area contributed by atoms with Gasteiger partial charge >= 0.3 is 0 Å². The van der Waals surface area contributed by atoms with Crippen molar-refractivity contribution < 1.29 is 4.79 Å². The molecule has 0 aliphatic rings.